The fraction of sp³-hybridized carbons (Fsp3) is 0.417. The van der Waals surface area contributed by atoms with Gasteiger partial charge in [0.1, 0.15) is 6.10 Å². The third-order valence-corrected chi connectivity index (χ3v) is 3.70. The lowest BCUT2D eigenvalue weighted by Gasteiger charge is -2.22. The fourth-order valence-corrected chi connectivity index (χ4v) is 2.54. The quantitative estimate of drug-likeness (QED) is 0.920. The van der Waals surface area contributed by atoms with Crippen molar-refractivity contribution in [3.8, 4) is 16.6 Å². The van der Waals surface area contributed by atoms with Crippen LogP contribution in [-0.2, 0) is 4.74 Å². The molecule has 0 aromatic carbocycles. The van der Waals surface area contributed by atoms with E-state index in [4.69, 9.17) is 15.2 Å². The van der Waals surface area contributed by atoms with Gasteiger partial charge in [0, 0.05) is 25.2 Å². The van der Waals surface area contributed by atoms with Gasteiger partial charge < -0.3 is 15.2 Å². The molecule has 0 saturated carbocycles. The number of ether oxygens (including phenoxy) is 2. The summed E-state index contributed by atoms with van der Waals surface area (Å²) < 4.78 is 11.1. The number of nitrogens with zero attached hydrogens (tertiary/aromatic N) is 3. The maximum atomic E-state index is 5.77. The number of hydrogen-bond donors (Lipinski definition) is 1. The minimum absolute atomic E-state index is 0.135. The molecule has 0 radical (unpaired) electrons. The number of aromatic nitrogens is 3. The molecule has 19 heavy (non-hydrogen) atoms. The maximum Gasteiger partial charge on any atom is 0.317 e. The van der Waals surface area contributed by atoms with E-state index >= 15 is 0 Å². The Morgan fingerprint density at radius 3 is 2.89 bits per heavy atom. The third-order valence-electron chi connectivity index (χ3n) is 2.85. The third kappa shape index (κ3) is 2.99. The molecule has 2 N–H and O–H groups in total. The van der Waals surface area contributed by atoms with Gasteiger partial charge in [0.15, 0.2) is 5.13 Å². The van der Waals surface area contributed by atoms with Crippen LogP contribution in [0.25, 0.3) is 10.6 Å². The van der Waals surface area contributed by atoms with E-state index in [1.807, 2.05) is 6.07 Å². The average Bonchev–Trinajstić information content (AvgIpc) is 2.87. The lowest BCUT2D eigenvalue weighted by atomic mass is 10.2. The summed E-state index contributed by atoms with van der Waals surface area (Å²) in [5, 5.41) is 0.528. The molecule has 0 atom stereocenters. The predicted molar refractivity (Wildman–Crippen MR) is 72.0 cm³/mol. The minimum Gasteiger partial charge on any atom is -0.460 e. The lowest BCUT2D eigenvalue weighted by molar-refractivity contribution is 0.0217. The Kier molecular flexibility index (Phi) is 3.56. The summed E-state index contributed by atoms with van der Waals surface area (Å²) in [5.41, 5.74) is 6.41. The Bertz CT molecular complexity index is 554. The molecule has 0 amide bonds. The van der Waals surface area contributed by atoms with Crippen LogP contribution in [0.5, 0.6) is 6.01 Å². The van der Waals surface area contributed by atoms with E-state index in [2.05, 4.69) is 15.0 Å². The van der Waals surface area contributed by atoms with Crippen molar-refractivity contribution >= 4 is 16.5 Å². The Labute approximate surface area is 114 Å². The van der Waals surface area contributed by atoms with Crippen LogP contribution in [0.2, 0.25) is 0 Å². The Morgan fingerprint density at radius 2 is 2.16 bits per heavy atom. The molecular weight excluding hydrogens is 264 g/mol. The molecule has 0 spiro atoms. The molecule has 0 unspecified atom stereocenters. The van der Waals surface area contributed by atoms with Crippen molar-refractivity contribution in [2.24, 2.45) is 0 Å². The molecule has 1 fully saturated rings. The zero-order valence-corrected chi connectivity index (χ0v) is 11.1. The molecule has 3 rings (SSSR count). The summed E-state index contributed by atoms with van der Waals surface area (Å²) >= 11 is 1.40. The number of nitrogens with two attached hydrogens (primary N) is 1. The van der Waals surface area contributed by atoms with Gasteiger partial charge in [0.05, 0.1) is 23.8 Å². The van der Waals surface area contributed by atoms with Crippen molar-refractivity contribution in [2.75, 3.05) is 18.9 Å². The van der Waals surface area contributed by atoms with Crippen molar-refractivity contribution in [1.82, 2.24) is 15.0 Å². The molecule has 2 aromatic heterocycles. The summed E-state index contributed by atoms with van der Waals surface area (Å²) in [6, 6.07) is 2.22. The number of nitrogen functional groups attached to an aromatic ring is 1. The largest absolute Gasteiger partial charge is 0.460 e. The van der Waals surface area contributed by atoms with E-state index in [9.17, 15) is 0 Å². The molecule has 6 nitrogen and oxygen atoms in total. The minimum atomic E-state index is 0.135. The fourth-order valence-electron chi connectivity index (χ4n) is 1.88. The zero-order valence-electron chi connectivity index (χ0n) is 10.3. The SMILES string of the molecule is Nc1ncc(-c2ccnc(OC3CCOCC3)n2)s1. The summed E-state index contributed by atoms with van der Waals surface area (Å²) in [7, 11) is 0. The highest BCUT2D eigenvalue weighted by Gasteiger charge is 2.17. The highest BCUT2D eigenvalue weighted by molar-refractivity contribution is 7.18. The van der Waals surface area contributed by atoms with Crippen LogP contribution >= 0.6 is 11.3 Å². The van der Waals surface area contributed by atoms with Crippen molar-refractivity contribution < 1.29 is 9.47 Å². The Morgan fingerprint density at radius 1 is 1.32 bits per heavy atom. The molecular formula is C12H14N4O2S. The second-order valence-electron chi connectivity index (χ2n) is 4.22. The van der Waals surface area contributed by atoms with Gasteiger partial charge in [-0.2, -0.15) is 4.98 Å². The summed E-state index contributed by atoms with van der Waals surface area (Å²) in [6.45, 7) is 1.46. The van der Waals surface area contributed by atoms with Crippen LogP contribution in [0.1, 0.15) is 12.8 Å². The first-order valence-electron chi connectivity index (χ1n) is 6.10. The van der Waals surface area contributed by atoms with Crippen molar-refractivity contribution in [2.45, 2.75) is 18.9 Å². The second kappa shape index (κ2) is 5.50. The molecule has 100 valence electrons. The molecule has 1 aliphatic rings. The molecule has 3 heterocycles. The van der Waals surface area contributed by atoms with Gasteiger partial charge in [0.25, 0.3) is 0 Å². The topological polar surface area (TPSA) is 83.2 Å². The van der Waals surface area contributed by atoms with Crippen LogP contribution in [0, 0.1) is 0 Å². The molecule has 0 bridgehead atoms. The smallest absolute Gasteiger partial charge is 0.317 e. The van der Waals surface area contributed by atoms with Crippen LogP contribution in [0.15, 0.2) is 18.5 Å². The highest BCUT2D eigenvalue weighted by atomic mass is 32.1. The van der Waals surface area contributed by atoms with E-state index in [1.54, 1.807) is 12.4 Å². The number of thiazole rings is 1. The zero-order chi connectivity index (χ0) is 13.1. The first-order chi connectivity index (χ1) is 9.31. The normalized spacial score (nSPS) is 16.4. The summed E-state index contributed by atoms with van der Waals surface area (Å²) in [4.78, 5) is 13.5. The van der Waals surface area contributed by atoms with Crippen LogP contribution in [-0.4, -0.2) is 34.3 Å². The van der Waals surface area contributed by atoms with Crippen molar-refractivity contribution in [1.29, 1.82) is 0 Å². The van der Waals surface area contributed by atoms with Gasteiger partial charge in [-0.1, -0.05) is 11.3 Å². The van der Waals surface area contributed by atoms with E-state index in [1.165, 1.54) is 11.3 Å². The molecule has 2 aromatic rings. The highest BCUT2D eigenvalue weighted by Crippen LogP contribution is 2.26. The monoisotopic (exact) mass is 278 g/mol. The summed E-state index contributed by atoms with van der Waals surface area (Å²) in [5.74, 6) is 0. The van der Waals surface area contributed by atoms with Crippen molar-refractivity contribution in [3.05, 3.63) is 18.5 Å². The molecule has 1 aliphatic heterocycles. The maximum absolute atomic E-state index is 5.77. The van der Waals surface area contributed by atoms with Gasteiger partial charge >= 0.3 is 6.01 Å². The average molecular weight is 278 g/mol. The Balaban J connectivity index is 1.75. The van der Waals surface area contributed by atoms with E-state index in [0.717, 1.165) is 36.6 Å². The molecule has 7 heteroatoms. The first-order valence-corrected chi connectivity index (χ1v) is 6.92. The van der Waals surface area contributed by atoms with Crippen molar-refractivity contribution in [3.63, 3.8) is 0 Å². The predicted octanol–water partition coefficient (Wildman–Crippen LogP) is 1.74. The number of rotatable bonds is 3. The van der Waals surface area contributed by atoms with Gasteiger partial charge in [-0.25, -0.2) is 9.97 Å². The van der Waals surface area contributed by atoms with Crippen LogP contribution in [0.4, 0.5) is 5.13 Å². The van der Waals surface area contributed by atoms with Gasteiger partial charge in [0.2, 0.25) is 0 Å². The van der Waals surface area contributed by atoms with E-state index in [-0.39, 0.29) is 6.10 Å². The molecule has 1 saturated heterocycles. The number of anilines is 1. The Hall–Kier alpha value is -1.73. The second-order valence-corrected chi connectivity index (χ2v) is 5.28. The van der Waals surface area contributed by atoms with Gasteiger partial charge in [-0.15, -0.1) is 0 Å². The molecule has 0 aliphatic carbocycles. The standard InChI is InChI=1S/C12H14N4O2S/c13-11-15-7-10(19-11)9-1-4-14-12(16-9)18-8-2-5-17-6-3-8/h1,4,7-8H,2-3,5-6H2,(H2,13,15). The summed E-state index contributed by atoms with van der Waals surface area (Å²) in [6.07, 6.45) is 5.28. The lowest BCUT2D eigenvalue weighted by Crippen LogP contribution is -2.26. The van der Waals surface area contributed by atoms with Crippen LogP contribution in [0.3, 0.4) is 0 Å². The van der Waals surface area contributed by atoms with E-state index in [0.29, 0.717) is 11.1 Å². The van der Waals surface area contributed by atoms with Gasteiger partial charge in [-0.3, -0.25) is 0 Å². The van der Waals surface area contributed by atoms with Crippen LogP contribution < -0.4 is 10.5 Å². The van der Waals surface area contributed by atoms with Gasteiger partial charge in [-0.05, 0) is 6.07 Å². The van der Waals surface area contributed by atoms with E-state index < -0.39 is 0 Å². The number of hydrogen-bond acceptors (Lipinski definition) is 7. The first kappa shape index (κ1) is 12.3.